The van der Waals surface area contributed by atoms with Gasteiger partial charge in [-0.1, -0.05) is 36.8 Å². The van der Waals surface area contributed by atoms with Crippen LogP contribution >= 0.6 is 0 Å². The molecule has 0 amide bonds. The molecule has 1 aliphatic carbocycles. The molecule has 0 aromatic heterocycles. The lowest BCUT2D eigenvalue weighted by molar-refractivity contribution is 0.00679. The topological polar surface area (TPSA) is 23.5 Å². The summed E-state index contributed by atoms with van der Waals surface area (Å²) in [5, 5.41) is 10.2. The molecule has 1 aromatic rings. The molecule has 0 spiro atoms. The normalized spacial score (nSPS) is 28.0. The van der Waals surface area contributed by atoms with Crippen LogP contribution in [0, 0.1) is 5.41 Å². The van der Waals surface area contributed by atoms with E-state index in [1.165, 1.54) is 44.2 Å². The first-order chi connectivity index (χ1) is 9.22. The van der Waals surface area contributed by atoms with Crippen LogP contribution in [0.25, 0.3) is 0 Å². The summed E-state index contributed by atoms with van der Waals surface area (Å²) in [5.41, 5.74) is 1.60. The van der Waals surface area contributed by atoms with Crippen LogP contribution in [0.3, 0.4) is 0 Å². The first-order valence-electron chi connectivity index (χ1n) is 7.68. The highest BCUT2D eigenvalue weighted by Gasteiger charge is 2.54. The minimum Gasteiger partial charge on any atom is -0.393 e. The molecule has 19 heavy (non-hydrogen) atoms. The maximum Gasteiger partial charge on any atom is 0.0583 e. The van der Waals surface area contributed by atoms with Gasteiger partial charge in [-0.2, -0.15) is 0 Å². The SMILES string of the molecule is CC(O)C1(C2CCCCN2Cc2ccccc2)CC1. The van der Waals surface area contributed by atoms with E-state index in [2.05, 4.69) is 35.2 Å². The number of hydrogen-bond donors (Lipinski definition) is 1. The van der Waals surface area contributed by atoms with Crippen LogP contribution in [0.2, 0.25) is 0 Å². The molecule has 1 saturated carbocycles. The molecule has 2 atom stereocenters. The third-order valence-electron chi connectivity index (χ3n) is 5.17. The van der Waals surface area contributed by atoms with Crippen molar-refractivity contribution in [2.24, 2.45) is 5.41 Å². The summed E-state index contributed by atoms with van der Waals surface area (Å²) in [5.74, 6) is 0. The highest BCUT2D eigenvalue weighted by molar-refractivity contribution is 5.16. The van der Waals surface area contributed by atoms with Gasteiger partial charge in [0.05, 0.1) is 6.10 Å². The van der Waals surface area contributed by atoms with Crippen molar-refractivity contribution in [2.45, 2.75) is 57.7 Å². The van der Waals surface area contributed by atoms with Crippen molar-refractivity contribution in [2.75, 3.05) is 6.54 Å². The van der Waals surface area contributed by atoms with Crippen molar-refractivity contribution in [1.29, 1.82) is 0 Å². The van der Waals surface area contributed by atoms with Gasteiger partial charge in [0.15, 0.2) is 0 Å². The zero-order valence-corrected chi connectivity index (χ0v) is 11.9. The van der Waals surface area contributed by atoms with E-state index in [1.807, 2.05) is 6.92 Å². The summed E-state index contributed by atoms with van der Waals surface area (Å²) in [7, 11) is 0. The van der Waals surface area contributed by atoms with E-state index in [9.17, 15) is 5.11 Å². The monoisotopic (exact) mass is 259 g/mol. The second-order valence-corrected chi connectivity index (χ2v) is 6.38. The zero-order chi connectivity index (χ0) is 13.3. The molecule has 0 radical (unpaired) electrons. The summed E-state index contributed by atoms with van der Waals surface area (Å²) < 4.78 is 0. The number of aliphatic hydroxyl groups is 1. The molecular formula is C17H25NO. The van der Waals surface area contributed by atoms with Crippen molar-refractivity contribution in [1.82, 2.24) is 4.90 Å². The molecule has 3 rings (SSSR count). The first kappa shape index (κ1) is 13.1. The molecule has 2 unspecified atom stereocenters. The average Bonchev–Trinajstić information content (AvgIpc) is 3.22. The third kappa shape index (κ3) is 2.56. The van der Waals surface area contributed by atoms with E-state index >= 15 is 0 Å². The van der Waals surface area contributed by atoms with Crippen LogP contribution in [0.4, 0.5) is 0 Å². The Labute approximate surface area is 116 Å². The van der Waals surface area contributed by atoms with Crippen LogP contribution < -0.4 is 0 Å². The second kappa shape index (κ2) is 5.26. The Bertz CT molecular complexity index is 411. The molecule has 2 heteroatoms. The van der Waals surface area contributed by atoms with Crippen molar-refractivity contribution >= 4 is 0 Å². The number of likely N-dealkylation sites (tertiary alicyclic amines) is 1. The minimum absolute atomic E-state index is 0.158. The van der Waals surface area contributed by atoms with Gasteiger partial charge in [0.1, 0.15) is 0 Å². The number of rotatable bonds is 4. The number of piperidine rings is 1. The highest BCUT2D eigenvalue weighted by Crippen LogP contribution is 2.55. The van der Waals surface area contributed by atoms with Gasteiger partial charge < -0.3 is 5.11 Å². The molecule has 2 fully saturated rings. The molecule has 1 heterocycles. The summed E-state index contributed by atoms with van der Waals surface area (Å²) in [6, 6.07) is 11.3. The summed E-state index contributed by atoms with van der Waals surface area (Å²) in [6.07, 6.45) is 6.15. The van der Waals surface area contributed by atoms with Crippen molar-refractivity contribution in [3.8, 4) is 0 Å². The van der Waals surface area contributed by atoms with E-state index in [4.69, 9.17) is 0 Å². The molecule has 2 nitrogen and oxygen atoms in total. The van der Waals surface area contributed by atoms with Crippen LogP contribution in [-0.2, 0) is 6.54 Å². The van der Waals surface area contributed by atoms with Gasteiger partial charge in [0, 0.05) is 18.0 Å². The molecule has 1 aliphatic heterocycles. The van der Waals surface area contributed by atoms with Crippen LogP contribution in [0.1, 0.15) is 44.6 Å². The van der Waals surface area contributed by atoms with Gasteiger partial charge in [-0.3, -0.25) is 4.90 Å². The second-order valence-electron chi connectivity index (χ2n) is 6.38. The Kier molecular flexibility index (Phi) is 3.64. The number of hydrogen-bond acceptors (Lipinski definition) is 2. The summed E-state index contributed by atoms with van der Waals surface area (Å²) in [6.45, 7) is 4.22. The molecule has 2 aliphatic rings. The van der Waals surface area contributed by atoms with E-state index in [-0.39, 0.29) is 11.5 Å². The summed E-state index contributed by atoms with van der Waals surface area (Å²) >= 11 is 0. The van der Waals surface area contributed by atoms with Gasteiger partial charge in [-0.25, -0.2) is 0 Å². The van der Waals surface area contributed by atoms with Gasteiger partial charge >= 0.3 is 0 Å². The maximum atomic E-state index is 10.2. The predicted octanol–water partition coefficient (Wildman–Crippen LogP) is 3.20. The minimum atomic E-state index is -0.158. The van der Waals surface area contributed by atoms with E-state index in [0.717, 1.165) is 6.54 Å². The van der Waals surface area contributed by atoms with Crippen LogP contribution in [0.5, 0.6) is 0 Å². The van der Waals surface area contributed by atoms with E-state index in [0.29, 0.717) is 6.04 Å². The Morgan fingerprint density at radius 1 is 1.26 bits per heavy atom. The number of benzene rings is 1. The largest absolute Gasteiger partial charge is 0.393 e. The zero-order valence-electron chi connectivity index (χ0n) is 11.9. The van der Waals surface area contributed by atoms with Gasteiger partial charge in [-0.05, 0) is 44.7 Å². The quantitative estimate of drug-likeness (QED) is 0.897. The van der Waals surface area contributed by atoms with Gasteiger partial charge in [0.2, 0.25) is 0 Å². The fourth-order valence-corrected chi connectivity index (χ4v) is 3.82. The van der Waals surface area contributed by atoms with E-state index < -0.39 is 0 Å². The molecule has 1 saturated heterocycles. The lowest BCUT2D eigenvalue weighted by atomic mass is 9.83. The molecule has 1 N–H and O–H groups in total. The van der Waals surface area contributed by atoms with Crippen molar-refractivity contribution in [3.05, 3.63) is 35.9 Å². The Balaban J connectivity index is 1.75. The third-order valence-corrected chi connectivity index (χ3v) is 5.17. The lowest BCUT2D eigenvalue weighted by Gasteiger charge is -2.42. The Morgan fingerprint density at radius 2 is 2.00 bits per heavy atom. The fourth-order valence-electron chi connectivity index (χ4n) is 3.82. The maximum absolute atomic E-state index is 10.2. The van der Waals surface area contributed by atoms with Crippen molar-refractivity contribution < 1.29 is 5.11 Å². The molecule has 104 valence electrons. The van der Waals surface area contributed by atoms with Crippen molar-refractivity contribution in [3.63, 3.8) is 0 Å². The molecule has 0 bridgehead atoms. The van der Waals surface area contributed by atoms with Crippen LogP contribution in [0.15, 0.2) is 30.3 Å². The number of aliphatic hydroxyl groups excluding tert-OH is 1. The fraction of sp³-hybridized carbons (Fsp3) is 0.647. The molecular weight excluding hydrogens is 234 g/mol. The standard InChI is InChI=1S/C17H25NO/c1-14(19)17(10-11-17)16-9-5-6-12-18(16)13-15-7-3-2-4-8-15/h2-4,7-8,14,16,19H,5-6,9-13H2,1H3. The first-order valence-corrected chi connectivity index (χ1v) is 7.68. The van der Waals surface area contributed by atoms with E-state index in [1.54, 1.807) is 0 Å². The molecule has 1 aromatic carbocycles. The Hall–Kier alpha value is -0.860. The average molecular weight is 259 g/mol. The van der Waals surface area contributed by atoms with Gasteiger partial charge in [0.25, 0.3) is 0 Å². The highest BCUT2D eigenvalue weighted by atomic mass is 16.3. The van der Waals surface area contributed by atoms with Gasteiger partial charge in [-0.15, -0.1) is 0 Å². The smallest absolute Gasteiger partial charge is 0.0583 e. The lowest BCUT2D eigenvalue weighted by Crippen LogP contribution is -2.48. The Morgan fingerprint density at radius 3 is 2.63 bits per heavy atom. The summed E-state index contributed by atoms with van der Waals surface area (Å²) in [4.78, 5) is 2.62. The number of nitrogens with zero attached hydrogens (tertiary/aromatic N) is 1. The van der Waals surface area contributed by atoms with Crippen LogP contribution in [-0.4, -0.2) is 28.7 Å². The predicted molar refractivity (Wildman–Crippen MR) is 77.8 cm³/mol.